The van der Waals surface area contributed by atoms with Gasteiger partial charge in [0.2, 0.25) is 0 Å². The monoisotopic (exact) mass is 298 g/mol. The van der Waals surface area contributed by atoms with Crippen molar-refractivity contribution in [2.24, 2.45) is 11.8 Å². The highest BCUT2D eigenvalue weighted by Gasteiger charge is 2.32. The van der Waals surface area contributed by atoms with Crippen LogP contribution in [0.25, 0.3) is 6.08 Å². The molecule has 23 heavy (non-hydrogen) atoms. The summed E-state index contributed by atoms with van der Waals surface area (Å²) in [5, 5.41) is 0. The number of allylic oxidation sites excluding steroid dienone is 9. The summed E-state index contributed by atoms with van der Waals surface area (Å²) in [7, 11) is 0. The zero-order chi connectivity index (χ0) is 15.2. The maximum Gasteiger partial charge on any atom is 0.00274 e. The first kappa shape index (κ1) is 13.4. The van der Waals surface area contributed by atoms with Crippen molar-refractivity contribution in [1.82, 2.24) is 0 Å². The van der Waals surface area contributed by atoms with Crippen LogP contribution < -0.4 is 0 Å². The molecule has 0 heteroatoms. The van der Waals surface area contributed by atoms with Gasteiger partial charge in [-0.3, -0.25) is 0 Å². The van der Waals surface area contributed by atoms with Crippen molar-refractivity contribution in [1.29, 1.82) is 0 Å². The van der Waals surface area contributed by atoms with E-state index in [1.165, 1.54) is 48.0 Å². The fraction of sp³-hybridized carbons (Fsp3) is 0.304. The summed E-state index contributed by atoms with van der Waals surface area (Å²) in [5.74, 6) is 2.13. The van der Waals surface area contributed by atoms with Gasteiger partial charge in [0.15, 0.2) is 0 Å². The highest BCUT2D eigenvalue weighted by molar-refractivity contribution is 5.62. The summed E-state index contributed by atoms with van der Waals surface area (Å²) >= 11 is 0. The van der Waals surface area contributed by atoms with E-state index in [-0.39, 0.29) is 0 Å². The second kappa shape index (κ2) is 5.23. The Morgan fingerprint density at radius 2 is 1.91 bits per heavy atom. The zero-order valence-corrected chi connectivity index (χ0v) is 13.4. The van der Waals surface area contributed by atoms with Gasteiger partial charge >= 0.3 is 0 Å². The highest BCUT2D eigenvalue weighted by Crippen LogP contribution is 2.46. The van der Waals surface area contributed by atoms with Crippen molar-refractivity contribution < 1.29 is 0 Å². The molecule has 0 radical (unpaired) electrons. The minimum atomic E-state index is 0.632. The van der Waals surface area contributed by atoms with Crippen LogP contribution in [-0.2, 0) is 0 Å². The van der Waals surface area contributed by atoms with Crippen molar-refractivity contribution >= 4 is 6.08 Å². The third-order valence-electron chi connectivity index (χ3n) is 6.04. The molecule has 1 aromatic carbocycles. The van der Waals surface area contributed by atoms with Gasteiger partial charge in [0.1, 0.15) is 0 Å². The minimum Gasteiger partial charge on any atom is -0.0764 e. The lowest BCUT2D eigenvalue weighted by molar-refractivity contribution is 0.528. The Labute approximate surface area is 138 Å². The maximum atomic E-state index is 2.51. The van der Waals surface area contributed by atoms with Crippen LogP contribution in [0, 0.1) is 11.8 Å². The quantitative estimate of drug-likeness (QED) is 0.645. The van der Waals surface area contributed by atoms with Crippen LogP contribution >= 0.6 is 0 Å². The lowest BCUT2D eigenvalue weighted by Gasteiger charge is -2.21. The Kier molecular flexibility index (Phi) is 3.04. The fourth-order valence-electron chi connectivity index (χ4n) is 4.82. The molecule has 4 aliphatic rings. The summed E-state index contributed by atoms with van der Waals surface area (Å²) in [5.41, 5.74) is 7.55. The first-order valence-electron chi connectivity index (χ1n) is 8.98. The molecule has 5 rings (SSSR count). The van der Waals surface area contributed by atoms with Crippen LogP contribution in [0.2, 0.25) is 0 Å². The molecule has 1 saturated carbocycles. The van der Waals surface area contributed by atoms with E-state index in [0.29, 0.717) is 11.8 Å². The van der Waals surface area contributed by atoms with Crippen LogP contribution in [0.15, 0.2) is 77.4 Å². The molecule has 0 amide bonds. The van der Waals surface area contributed by atoms with Gasteiger partial charge in [-0.05, 0) is 59.8 Å². The lowest BCUT2D eigenvalue weighted by Crippen LogP contribution is -2.07. The Morgan fingerprint density at radius 1 is 0.957 bits per heavy atom. The van der Waals surface area contributed by atoms with Gasteiger partial charge in [-0.2, -0.15) is 0 Å². The highest BCUT2D eigenvalue weighted by atomic mass is 14.4. The second-order valence-electron chi connectivity index (χ2n) is 7.30. The number of fused-ring (bicyclic) bond motifs is 3. The number of hydrogen-bond acceptors (Lipinski definition) is 0. The topological polar surface area (TPSA) is 0 Å². The van der Waals surface area contributed by atoms with E-state index >= 15 is 0 Å². The number of hydrogen-bond donors (Lipinski definition) is 0. The Bertz CT molecular complexity index is 797. The zero-order valence-electron chi connectivity index (χ0n) is 13.4. The SMILES string of the molecule is C1=CC2=CC3CCC(CCC4C=Cc5ccccc54)C3=CC2=C1. The van der Waals surface area contributed by atoms with Gasteiger partial charge in [-0.25, -0.2) is 0 Å². The average Bonchev–Trinajstić information content (AvgIpc) is 3.29. The van der Waals surface area contributed by atoms with Gasteiger partial charge < -0.3 is 0 Å². The molecule has 0 spiro atoms. The van der Waals surface area contributed by atoms with Gasteiger partial charge in [0, 0.05) is 5.92 Å². The molecule has 0 aromatic heterocycles. The first-order chi connectivity index (χ1) is 11.4. The molecule has 3 atom stereocenters. The van der Waals surface area contributed by atoms with Crippen LogP contribution in [0.5, 0.6) is 0 Å². The molecule has 0 saturated heterocycles. The van der Waals surface area contributed by atoms with Crippen LogP contribution in [0.1, 0.15) is 42.7 Å². The molecule has 114 valence electrons. The van der Waals surface area contributed by atoms with Gasteiger partial charge in [-0.1, -0.05) is 72.4 Å². The molecular formula is C23H22. The summed E-state index contributed by atoms with van der Waals surface area (Å²) in [6.07, 6.45) is 21.8. The van der Waals surface area contributed by atoms with Gasteiger partial charge in [0.25, 0.3) is 0 Å². The summed E-state index contributed by atoms with van der Waals surface area (Å²) < 4.78 is 0. The van der Waals surface area contributed by atoms with Gasteiger partial charge in [0.05, 0.1) is 0 Å². The van der Waals surface area contributed by atoms with E-state index in [4.69, 9.17) is 0 Å². The third-order valence-corrected chi connectivity index (χ3v) is 6.04. The summed E-state index contributed by atoms with van der Waals surface area (Å²) in [4.78, 5) is 0. The van der Waals surface area contributed by atoms with Crippen molar-refractivity contribution in [3.63, 3.8) is 0 Å². The number of benzene rings is 1. The van der Waals surface area contributed by atoms with E-state index < -0.39 is 0 Å². The minimum absolute atomic E-state index is 0.632. The number of rotatable bonds is 3. The van der Waals surface area contributed by atoms with E-state index in [1.807, 2.05) is 0 Å². The molecule has 3 unspecified atom stereocenters. The third kappa shape index (κ3) is 2.20. The summed E-state index contributed by atoms with van der Waals surface area (Å²) in [6.45, 7) is 0. The van der Waals surface area contributed by atoms with Crippen LogP contribution in [0.3, 0.4) is 0 Å². The molecule has 1 aromatic rings. The van der Waals surface area contributed by atoms with E-state index in [1.54, 1.807) is 5.57 Å². The normalized spacial score (nSPS) is 29.7. The predicted octanol–water partition coefficient (Wildman–Crippen LogP) is 5.97. The molecule has 4 aliphatic carbocycles. The largest absolute Gasteiger partial charge is 0.0764 e. The molecule has 1 fully saturated rings. The Hall–Kier alpha value is -2.08. The predicted molar refractivity (Wildman–Crippen MR) is 97.1 cm³/mol. The Balaban J connectivity index is 1.31. The van der Waals surface area contributed by atoms with Crippen molar-refractivity contribution in [2.75, 3.05) is 0 Å². The average molecular weight is 298 g/mol. The van der Waals surface area contributed by atoms with Crippen LogP contribution in [-0.4, -0.2) is 0 Å². The molecular weight excluding hydrogens is 276 g/mol. The molecule has 0 N–H and O–H groups in total. The molecule has 0 aliphatic heterocycles. The Morgan fingerprint density at radius 3 is 2.91 bits per heavy atom. The van der Waals surface area contributed by atoms with E-state index in [0.717, 1.165) is 5.92 Å². The smallest absolute Gasteiger partial charge is 0.00274 e. The fourth-order valence-corrected chi connectivity index (χ4v) is 4.82. The second-order valence-corrected chi connectivity index (χ2v) is 7.30. The molecule has 0 nitrogen and oxygen atoms in total. The van der Waals surface area contributed by atoms with E-state index in [2.05, 4.69) is 66.8 Å². The summed E-state index contributed by atoms with van der Waals surface area (Å²) in [6, 6.07) is 8.88. The molecule has 0 heterocycles. The maximum absolute atomic E-state index is 2.51. The molecule has 0 bridgehead atoms. The van der Waals surface area contributed by atoms with Crippen molar-refractivity contribution in [2.45, 2.75) is 31.6 Å². The standard InChI is InChI=1S/C23H22/c1-2-7-22-16(4-1)8-9-17(22)10-11-18-12-13-21-14-19-5-3-6-20(19)15-23(18)21/h1-9,14-15,17-18,21H,10-13H2. The van der Waals surface area contributed by atoms with Crippen molar-refractivity contribution in [3.8, 4) is 0 Å². The lowest BCUT2D eigenvalue weighted by atomic mass is 9.83. The first-order valence-corrected chi connectivity index (χ1v) is 8.98. The van der Waals surface area contributed by atoms with Gasteiger partial charge in [-0.15, -0.1) is 0 Å². The van der Waals surface area contributed by atoms with E-state index in [9.17, 15) is 0 Å². The van der Waals surface area contributed by atoms with Crippen molar-refractivity contribution in [3.05, 3.63) is 88.6 Å². The van der Waals surface area contributed by atoms with Crippen LogP contribution in [0.4, 0.5) is 0 Å².